The van der Waals surface area contributed by atoms with Gasteiger partial charge in [-0.2, -0.15) is 0 Å². The molecule has 1 fully saturated rings. The van der Waals surface area contributed by atoms with E-state index in [1.807, 2.05) is 0 Å². The molecule has 0 amide bonds. The Morgan fingerprint density at radius 3 is 2.73 bits per heavy atom. The van der Waals surface area contributed by atoms with Crippen molar-refractivity contribution in [1.29, 1.82) is 0 Å². The van der Waals surface area contributed by atoms with Crippen LogP contribution in [0, 0.1) is 0 Å². The molecule has 0 bridgehead atoms. The van der Waals surface area contributed by atoms with Crippen LogP contribution in [0.15, 0.2) is 24.3 Å². The van der Waals surface area contributed by atoms with Gasteiger partial charge >= 0.3 is 5.97 Å². The van der Waals surface area contributed by atoms with E-state index in [9.17, 15) is 13.6 Å². The Balaban J connectivity index is 2.33. The molecular weight excluding hydrogens is 294 g/mol. The van der Waals surface area contributed by atoms with Gasteiger partial charge in [-0.1, -0.05) is 12.1 Å². The minimum absolute atomic E-state index is 0.221. The fraction of sp³-hybridized carbons (Fsp3) is 0.533. The molecule has 1 aliphatic rings. The van der Waals surface area contributed by atoms with Gasteiger partial charge in [0.1, 0.15) is 18.4 Å². The standard InChI is InChI=1S/C15H20F2N2O3/c1-11(21)22-13-4-2-3-12(9-13)14(15(16,17)10-20)19-7-5-18-6-8-19/h2-4,9,14,18,20H,5-8,10H2,1H3/t14-/m0/s1. The maximum atomic E-state index is 14.3. The molecule has 1 atom stereocenters. The van der Waals surface area contributed by atoms with E-state index in [0.717, 1.165) is 0 Å². The second-order valence-electron chi connectivity index (χ2n) is 5.27. The zero-order valence-electron chi connectivity index (χ0n) is 12.4. The van der Waals surface area contributed by atoms with Gasteiger partial charge in [0.25, 0.3) is 5.92 Å². The van der Waals surface area contributed by atoms with Crippen LogP contribution in [0.25, 0.3) is 0 Å². The smallest absolute Gasteiger partial charge is 0.308 e. The van der Waals surface area contributed by atoms with E-state index >= 15 is 0 Å². The largest absolute Gasteiger partial charge is 0.427 e. The van der Waals surface area contributed by atoms with Crippen molar-refractivity contribution in [2.45, 2.75) is 18.9 Å². The molecule has 0 radical (unpaired) electrons. The summed E-state index contributed by atoms with van der Waals surface area (Å²) in [6.45, 7) is 2.15. The van der Waals surface area contributed by atoms with E-state index < -0.39 is 24.5 Å². The van der Waals surface area contributed by atoms with Gasteiger partial charge in [-0.25, -0.2) is 8.78 Å². The van der Waals surface area contributed by atoms with E-state index in [2.05, 4.69) is 5.32 Å². The van der Waals surface area contributed by atoms with Crippen LogP contribution in [-0.4, -0.2) is 54.7 Å². The molecule has 0 aromatic heterocycles. The molecule has 22 heavy (non-hydrogen) atoms. The van der Waals surface area contributed by atoms with Gasteiger partial charge in [0.2, 0.25) is 0 Å². The van der Waals surface area contributed by atoms with Crippen molar-refractivity contribution in [1.82, 2.24) is 10.2 Å². The second kappa shape index (κ2) is 7.13. The minimum Gasteiger partial charge on any atom is -0.427 e. The lowest BCUT2D eigenvalue weighted by Crippen LogP contribution is -2.51. The number of ether oxygens (including phenoxy) is 1. The predicted molar refractivity (Wildman–Crippen MR) is 77.0 cm³/mol. The quantitative estimate of drug-likeness (QED) is 0.631. The van der Waals surface area contributed by atoms with E-state index in [-0.39, 0.29) is 5.75 Å². The lowest BCUT2D eigenvalue weighted by atomic mass is 9.98. The summed E-state index contributed by atoms with van der Waals surface area (Å²) in [4.78, 5) is 12.7. The van der Waals surface area contributed by atoms with Crippen molar-refractivity contribution in [2.24, 2.45) is 0 Å². The molecule has 0 aliphatic carbocycles. The Kier molecular flexibility index (Phi) is 5.44. The van der Waals surface area contributed by atoms with Gasteiger partial charge in [0.15, 0.2) is 0 Å². The summed E-state index contributed by atoms with van der Waals surface area (Å²) in [5.74, 6) is -3.57. The van der Waals surface area contributed by atoms with Crippen LogP contribution in [0.4, 0.5) is 8.78 Å². The van der Waals surface area contributed by atoms with Gasteiger partial charge in [0.05, 0.1) is 0 Å². The summed E-state index contributed by atoms with van der Waals surface area (Å²) >= 11 is 0. The molecule has 122 valence electrons. The van der Waals surface area contributed by atoms with Crippen molar-refractivity contribution in [3.05, 3.63) is 29.8 Å². The van der Waals surface area contributed by atoms with Gasteiger partial charge in [-0.3, -0.25) is 9.69 Å². The predicted octanol–water partition coefficient (Wildman–Crippen LogP) is 1.19. The Morgan fingerprint density at radius 2 is 2.14 bits per heavy atom. The third kappa shape index (κ3) is 4.00. The number of benzene rings is 1. The van der Waals surface area contributed by atoms with Gasteiger partial charge in [-0.15, -0.1) is 0 Å². The number of rotatable bonds is 5. The molecule has 1 aliphatic heterocycles. The van der Waals surface area contributed by atoms with Crippen LogP contribution in [-0.2, 0) is 4.79 Å². The number of hydrogen-bond donors (Lipinski definition) is 2. The highest BCUT2D eigenvalue weighted by molar-refractivity contribution is 5.69. The van der Waals surface area contributed by atoms with Crippen molar-refractivity contribution in [2.75, 3.05) is 32.8 Å². The van der Waals surface area contributed by atoms with E-state index in [1.54, 1.807) is 17.0 Å². The molecular formula is C15H20F2N2O3. The molecule has 7 heteroatoms. The Hall–Kier alpha value is -1.57. The molecule has 1 aromatic rings. The van der Waals surface area contributed by atoms with Crippen molar-refractivity contribution in [3.8, 4) is 5.75 Å². The average Bonchev–Trinajstić information content (AvgIpc) is 2.48. The number of aliphatic hydroxyl groups is 1. The summed E-state index contributed by atoms with van der Waals surface area (Å²) in [5.41, 5.74) is 0.319. The van der Waals surface area contributed by atoms with Crippen LogP contribution in [0.5, 0.6) is 5.75 Å². The lowest BCUT2D eigenvalue weighted by molar-refractivity contribution is -0.131. The number of halogens is 2. The van der Waals surface area contributed by atoms with Gasteiger partial charge in [-0.05, 0) is 17.7 Å². The molecule has 0 saturated carbocycles. The van der Waals surface area contributed by atoms with Gasteiger partial charge < -0.3 is 15.2 Å². The number of carbonyl (C=O) groups excluding carboxylic acids is 1. The zero-order valence-corrected chi connectivity index (χ0v) is 12.4. The Bertz CT molecular complexity index is 519. The number of hydrogen-bond acceptors (Lipinski definition) is 5. The maximum absolute atomic E-state index is 14.3. The third-order valence-corrected chi connectivity index (χ3v) is 3.56. The number of nitrogens with zero attached hydrogens (tertiary/aromatic N) is 1. The average molecular weight is 314 g/mol. The molecule has 1 saturated heterocycles. The molecule has 1 aromatic carbocycles. The normalized spacial score (nSPS) is 18.0. The van der Waals surface area contributed by atoms with Crippen LogP contribution >= 0.6 is 0 Å². The van der Waals surface area contributed by atoms with Crippen LogP contribution in [0.3, 0.4) is 0 Å². The zero-order chi connectivity index (χ0) is 16.2. The highest BCUT2D eigenvalue weighted by atomic mass is 19.3. The Labute approximate surface area is 127 Å². The number of alkyl halides is 2. The number of piperazine rings is 1. The first-order valence-corrected chi connectivity index (χ1v) is 7.16. The van der Waals surface area contributed by atoms with Crippen LogP contribution < -0.4 is 10.1 Å². The summed E-state index contributed by atoms with van der Waals surface area (Å²) in [5, 5.41) is 12.2. The molecule has 0 spiro atoms. The molecule has 5 nitrogen and oxygen atoms in total. The number of nitrogens with one attached hydrogen (secondary N) is 1. The summed E-state index contributed by atoms with van der Waals surface area (Å²) in [6.07, 6.45) is 0. The first-order valence-electron chi connectivity index (χ1n) is 7.16. The summed E-state index contributed by atoms with van der Waals surface area (Å²) in [7, 11) is 0. The molecule has 0 unspecified atom stereocenters. The summed E-state index contributed by atoms with van der Waals surface area (Å²) < 4.78 is 33.5. The van der Waals surface area contributed by atoms with Crippen molar-refractivity contribution < 1.29 is 23.4 Å². The highest BCUT2D eigenvalue weighted by Crippen LogP contribution is 2.37. The first-order chi connectivity index (χ1) is 10.4. The number of esters is 1. The molecule has 1 heterocycles. The van der Waals surface area contributed by atoms with Crippen LogP contribution in [0.2, 0.25) is 0 Å². The third-order valence-electron chi connectivity index (χ3n) is 3.56. The van der Waals surface area contributed by atoms with E-state index in [1.165, 1.54) is 19.1 Å². The van der Waals surface area contributed by atoms with E-state index in [4.69, 9.17) is 9.84 Å². The first kappa shape index (κ1) is 16.8. The number of aliphatic hydroxyl groups excluding tert-OH is 1. The van der Waals surface area contributed by atoms with Crippen molar-refractivity contribution in [3.63, 3.8) is 0 Å². The maximum Gasteiger partial charge on any atom is 0.308 e. The fourth-order valence-electron chi connectivity index (χ4n) is 2.66. The minimum atomic E-state index is -3.29. The van der Waals surface area contributed by atoms with E-state index in [0.29, 0.717) is 31.7 Å². The summed E-state index contributed by atoms with van der Waals surface area (Å²) in [6, 6.07) is 4.84. The lowest BCUT2D eigenvalue weighted by Gasteiger charge is -2.38. The SMILES string of the molecule is CC(=O)Oc1cccc([C@H](N2CCNCC2)C(F)(F)CO)c1. The highest BCUT2D eigenvalue weighted by Gasteiger charge is 2.44. The monoisotopic (exact) mass is 314 g/mol. The van der Waals surface area contributed by atoms with Crippen molar-refractivity contribution >= 4 is 5.97 Å². The van der Waals surface area contributed by atoms with Crippen LogP contribution in [0.1, 0.15) is 18.5 Å². The number of carbonyl (C=O) groups is 1. The fourth-order valence-corrected chi connectivity index (χ4v) is 2.66. The second-order valence-corrected chi connectivity index (χ2v) is 5.27. The molecule has 2 N–H and O–H groups in total. The molecule has 2 rings (SSSR count). The Morgan fingerprint density at radius 1 is 1.45 bits per heavy atom. The van der Waals surface area contributed by atoms with Gasteiger partial charge in [0, 0.05) is 33.1 Å². The topological polar surface area (TPSA) is 61.8 Å².